The molecule has 0 bridgehead atoms. The first kappa shape index (κ1) is 17.0. The van der Waals surface area contributed by atoms with E-state index in [2.05, 4.69) is 10.4 Å². The van der Waals surface area contributed by atoms with Gasteiger partial charge in [-0.3, -0.25) is 24.6 Å². The van der Waals surface area contributed by atoms with Crippen LogP contribution >= 0.6 is 11.3 Å². The van der Waals surface area contributed by atoms with Crippen LogP contribution in [0.3, 0.4) is 0 Å². The molecule has 0 spiro atoms. The summed E-state index contributed by atoms with van der Waals surface area (Å²) in [5.74, 6) is -0.318. The summed E-state index contributed by atoms with van der Waals surface area (Å²) in [6.07, 6.45) is 1.41. The number of carbonyl (C=O) groups is 1. The molecule has 0 fully saturated rings. The number of benzene rings is 2. The predicted octanol–water partition coefficient (Wildman–Crippen LogP) is 3.33. The second kappa shape index (κ2) is 7.43. The molecular formula is C20H16N4O2S. The zero-order valence-electron chi connectivity index (χ0n) is 14.3. The largest absolute Gasteiger partial charge is 0.289 e. The SMILES string of the molecule is O=C(Cn1cnc2sccc2c1=O)NN(c1ccccc1)c1ccccc1. The van der Waals surface area contributed by atoms with Crippen LogP contribution < -0.4 is 16.0 Å². The molecule has 0 atom stereocenters. The number of nitrogens with zero attached hydrogens (tertiary/aromatic N) is 3. The van der Waals surface area contributed by atoms with Crippen molar-refractivity contribution in [2.75, 3.05) is 5.01 Å². The first-order valence-corrected chi connectivity index (χ1v) is 9.23. The van der Waals surface area contributed by atoms with Crippen LogP contribution in [0.5, 0.6) is 0 Å². The molecule has 0 aliphatic heterocycles. The molecule has 4 aromatic rings. The molecule has 4 rings (SSSR count). The van der Waals surface area contributed by atoms with Gasteiger partial charge < -0.3 is 0 Å². The van der Waals surface area contributed by atoms with Crippen LogP contribution in [-0.4, -0.2) is 15.5 Å². The van der Waals surface area contributed by atoms with E-state index in [0.717, 1.165) is 11.4 Å². The normalized spacial score (nSPS) is 10.7. The highest BCUT2D eigenvalue weighted by molar-refractivity contribution is 7.16. The lowest BCUT2D eigenvalue weighted by atomic mass is 10.2. The molecule has 1 N–H and O–H groups in total. The van der Waals surface area contributed by atoms with Gasteiger partial charge in [-0.1, -0.05) is 36.4 Å². The average molecular weight is 376 g/mol. The molecular weight excluding hydrogens is 360 g/mol. The molecule has 2 aromatic carbocycles. The minimum absolute atomic E-state index is 0.117. The van der Waals surface area contributed by atoms with Gasteiger partial charge in [-0.2, -0.15) is 0 Å². The predicted molar refractivity (Wildman–Crippen MR) is 107 cm³/mol. The van der Waals surface area contributed by atoms with E-state index in [-0.39, 0.29) is 18.0 Å². The Bertz CT molecular complexity index is 1080. The van der Waals surface area contributed by atoms with E-state index in [9.17, 15) is 9.59 Å². The fourth-order valence-corrected chi connectivity index (χ4v) is 3.48. The first-order valence-electron chi connectivity index (χ1n) is 8.35. The molecule has 27 heavy (non-hydrogen) atoms. The Labute approximate surface area is 159 Å². The molecule has 0 saturated carbocycles. The van der Waals surface area contributed by atoms with Gasteiger partial charge in [0.2, 0.25) is 0 Å². The highest BCUT2D eigenvalue weighted by atomic mass is 32.1. The highest BCUT2D eigenvalue weighted by Crippen LogP contribution is 2.22. The maximum Gasteiger partial charge on any atom is 0.262 e. The van der Waals surface area contributed by atoms with Crippen molar-refractivity contribution in [3.8, 4) is 0 Å². The smallest absolute Gasteiger partial charge is 0.262 e. The Morgan fingerprint density at radius 1 is 1.00 bits per heavy atom. The molecule has 0 aliphatic rings. The molecule has 0 radical (unpaired) electrons. The van der Waals surface area contributed by atoms with Crippen molar-refractivity contribution in [1.82, 2.24) is 15.0 Å². The number of hydrogen-bond donors (Lipinski definition) is 1. The fraction of sp³-hybridized carbons (Fsp3) is 0.0500. The summed E-state index contributed by atoms with van der Waals surface area (Å²) in [5.41, 5.74) is 4.29. The van der Waals surface area contributed by atoms with E-state index >= 15 is 0 Å². The van der Waals surface area contributed by atoms with Crippen LogP contribution in [0, 0.1) is 0 Å². The lowest BCUT2D eigenvalue weighted by Crippen LogP contribution is -2.42. The number of hydrogen-bond acceptors (Lipinski definition) is 5. The van der Waals surface area contributed by atoms with Gasteiger partial charge in [0.25, 0.3) is 11.5 Å². The second-order valence-corrected chi connectivity index (χ2v) is 6.75. The minimum Gasteiger partial charge on any atom is -0.289 e. The minimum atomic E-state index is -0.318. The van der Waals surface area contributed by atoms with Crippen molar-refractivity contribution < 1.29 is 4.79 Å². The number of fused-ring (bicyclic) bond motifs is 1. The van der Waals surface area contributed by atoms with Crippen LogP contribution in [0.15, 0.2) is 83.2 Å². The number of nitrogens with one attached hydrogen (secondary N) is 1. The number of aromatic nitrogens is 2. The Morgan fingerprint density at radius 3 is 2.26 bits per heavy atom. The molecule has 7 heteroatoms. The molecule has 2 aromatic heterocycles. The molecule has 1 amide bonds. The molecule has 134 valence electrons. The number of carbonyl (C=O) groups excluding carboxylic acids is 1. The van der Waals surface area contributed by atoms with Crippen molar-refractivity contribution in [2.24, 2.45) is 0 Å². The highest BCUT2D eigenvalue weighted by Gasteiger charge is 2.14. The first-order chi connectivity index (χ1) is 13.2. The van der Waals surface area contributed by atoms with Crippen molar-refractivity contribution >= 4 is 38.8 Å². The van der Waals surface area contributed by atoms with E-state index < -0.39 is 0 Å². The average Bonchev–Trinajstić information content (AvgIpc) is 3.19. The van der Waals surface area contributed by atoms with Crippen molar-refractivity contribution in [1.29, 1.82) is 0 Å². The van der Waals surface area contributed by atoms with Gasteiger partial charge in [0.15, 0.2) is 0 Å². The fourth-order valence-electron chi connectivity index (χ4n) is 2.75. The van der Waals surface area contributed by atoms with Gasteiger partial charge >= 0.3 is 0 Å². The number of thiophene rings is 1. The van der Waals surface area contributed by atoms with Crippen molar-refractivity contribution in [3.63, 3.8) is 0 Å². The summed E-state index contributed by atoms with van der Waals surface area (Å²) in [7, 11) is 0. The van der Waals surface area contributed by atoms with Crippen LogP contribution in [0.25, 0.3) is 10.2 Å². The quantitative estimate of drug-likeness (QED) is 0.543. The molecule has 6 nitrogen and oxygen atoms in total. The number of rotatable bonds is 5. The van der Waals surface area contributed by atoms with Crippen LogP contribution in [0.4, 0.5) is 11.4 Å². The van der Waals surface area contributed by atoms with E-state index in [4.69, 9.17) is 0 Å². The van der Waals surface area contributed by atoms with Gasteiger partial charge in [-0.05, 0) is 35.7 Å². The maximum atomic E-state index is 12.7. The third-order valence-electron chi connectivity index (χ3n) is 4.03. The van der Waals surface area contributed by atoms with Crippen LogP contribution in [0.2, 0.25) is 0 Å². The van der Waals surface area contributed by atoms with E-state index in [0.29, 0.717) is 10.2 Å². The third kappa shape index (κ3) is 3.58. The molecule has 2 heterocycles. The summed E-state index contributed by atoms with van der Waals surface area (Å²) in [4.78, 5) is 30.1. The maximum absolute atomic E-state index is 12.7. The second-order valence-electron chi connectivity index (χ2n) is 5.86. The van der Waals surface area contributed by atoms with E-state index in [1.165, 1.54) is 22.2 Å². The summed E-state index contributed by atoms with van der Waals surface area (Å²) >= 11 is 1.40. The topological polar surface area (TPSA) is 67.2 Å². The number of anilines is 2. The van der Waals surface area contributed by atoms with Gasteiger partial charge in [0.05, 0.1) is 23.1 Å². The van der Waals surface area contributed by atoms with Crippen molar-refractivity contribution in [2.45, 2.75) is 6.54 Å². The summed E-state index contributed by atoms with van der Waals surface area (Å²) in [6, 6.07) is 20.8. The zero-order valence-corrected chi connectivity index (χ0v) is 15.1. The third-order valence-corrected chi connectivity index (χ3v) is 4.85. The molecule has 0 aliphatic carbocycles. The standard InChI is InChI=1S/C20H16N4O2S/c25-18(13-23-14-21-19-17(20(23)26)11-12-27-19)22-24(15-7-3-1-4-8-15)16-9-5-2-6-10-16/h1-12,14H,13H2,(H,22,25). The van der Waals surface area contributed by atoms with Gasteiger partial charge in [-0.25, -0.2) is 4.98 Å². The zero-order chi connectivity index (χ0) is 18.6. The molecule has 0 unspecified atom stereocenters. The number of para-hydroxylation sites is 2. The Kier molecular flexibility index (Phi) is 4.67. The summed E-state index contributed by atoms with van der Waals surface area (Å²) in [6.45, 7) is -0.117. The van der Waals surface area contributed by atoms with E-state index in [1.54, 1.807) is 11.1 Å². The Morgan fingerprint density at radius 2 is 1.63 bits per heavy atom. The summed E-state index contributed by atoms with van der Waals surface area (Å²) in [5, 5.41) is 4.04. The van der Waals surface area contributed by atoms with Crippen LogP contribution in [-0.2, 0) is 11.3 Å². The number of amides is 1. The van der Waals surface area contributed by atoms with Gasteiger partial charge in [-0.15, -0.1) is 11.3 Å². The number of hydrazine groups is 1. The Balaban J connectivity index is 1.60. The summed E-state index contributed by atoms with van der Waals surface area (Å²) < 4.78 is 1.32. The molecule has 0 saturated heterocycles. The monoisotopic (exact) mass is 376 g/mol. The van der Waals surface area contributed by atoms with E-state index in [1.807, 2.05) is 66.0 Å². The lowest BCUT2D eigenvalue weighted by molar-refractivity contribution is -0.121. The van der Waals surface area contributed by atoms with Gasteiger partial charge in [0, 0.05) is 0 Å². The van der Waals surface area contributed by atoms with Crippen molar-refractivity contribution in [3.05, 3.63) is 88.8 Å². The Hall–Kier alpha value is -3.45. The van der Waals surface area contributed by atoms with Crippen LogP contribution in [0.1, 0.15) is 0 Å². The lowest BCUT2D eigenvalue weighted by Gasteiger charge is -2.25. The van der Waals surface area contributed by atoms with Gasteiger partial charge in [0.1, 0.15) is 11.4 Å².